The summed E-state index contributed by atoms with van der Waals surface area (Å²) >= 11 is 5.35. The van der Waals surface area contributed by atoms with E-state index < -0.39 is 6.09 Å². The van der Waals surface area contributed by atoms with E-state index in [1.807, 2.05) is 6.07 Å². The second-order valence-electron chi connectivity index (χ2n) is 3.37. The average Bonchev–Trinajstić information content (AvgIpc) is 2.42. The molecule has 0 saturated heterocycles. The summed E-state index contributed by atoms with van der Waals surface area (Å²) in [7, 11) is 0. The number of benzene rings is 1. The van der Waals surface area contributed by atoms with Crippen molar-refractivity contribution in [2.75, 3.05) is 25.6 Å². The van der Waals surface area contributed by atoms with Gasteiger partial charge >= 0.3 is 6.09 Å². The summed E-state index contributed by atoms with van der Waals surface area (Å²) in [6.07, 6.45) is -0.537. The van der Waals surface area contributed by atoms with Crippen LogP contribution in [-0.4, -0.2) is 37.6 Å². The molecule has 0 aliphatic carbocycles. The Bertz CT molecular complexity index is 384. The summed E-state index contributed by atoms with van der Waals surface area (Å²) in [5.41, 5.74) is 0.585. The number of carbonyl (C=O) groups is 2. The minimum absolute atomic E-state index is 0.170. The number of alkyl halides is 1. The molecule has 2 amide bonds. The Morgan fingerprint density at radius 1 is 1.11 bits per heavy atom. The summed E-state index contributed by atoms with van der Waals surface area (Å²) in [6, 6.07) is 8.85. The smallest absolute Gasteiger partial charge is 0.407 e. The van der Waals surface area contributed by atoms with Gasteiger partial charge in [-0.3, -0.25) is 4.79 Å². The van der Waals surface area contributed by atoms with E-state index in [1.54, 1.807) is 24.3 Å². The molecule has 0 spiro atoms. The fourth-order valence-corrected chi connectivity index (χ4v) is 1.29. The lowest BCUT2D eigenvalue weighted by Gasteiger charge is -2.07. The Kier molecular flexibility index (Phi) is 6.64. The highest BCUT2D eigenvalue weighted by atomic mass is 35.5. The maximum absolute atomic E-state index is 11.6. The minimum atomic E-state index is -0.537. The second-order valence-corrected chi connectivity index (χ2v) is 3.75. The maximum atomic E-state index is 11.6. The predicted octanol–water partition coefficient (Wildman–Crippen LogP) is 1.38. The largest absolute Gasteiger partial charge is 0.448 e. The van der Waals surface area contributed by atoms with Crippen LogP contribution >= 0.6 is 11.6 Å². The van der Waals surface area contributed by atoms with Gasteiger partial charge < -0.3 is 15.4 Å². The zero-order valence-electron chi connectivity index (χ0n) is 9.82. The van der Waals surface area contributed by atoms with E-state index in [1.165, 1.54) is 0 Å². The Labute approximate surface area is 110 Å². The first-order chi connectivity index (χ1) is 8.74. The number of alkyl carbamates (subject to hydrolysis) is 1. The molecule has 98 valence electrons. The number of amides is 2. The van der Waals surface area contributed by atoms with Gasteiger partial charge in [0.25, 0.3) is 5.91 Å². The van der Waals surface area contributed by atoms with E-state index in [2.05, 4.69) is 15.4 Å². The molecule has 1 rings (SSSR count). The number of hydrogen-bond donors (Lipinski definition) is 2. The third-order valence-electron chi connectivity index (χ3n) is 2.03. The lowest BCUT2D eigenvalue weighted by Crippen LogP contribution is -2.35. The molecule has 18 heavy (non-hydrogen) atoms. The number of carbonyl (C=O) groups excluding carboxylic acids is 2. The highest BCUT2D eigenvalue weighted by Gasteiger charge is 2.04. The zero-order valence-corrected chi connectivity index (χ0v) is 10.6. The number of ether oxygens (including phenoxy) is 1. The fourth-order valence-electron chi connectivity index (χ4n) is 1.21. The molecule has 2 N–H and O–H groups in total. The Hall–Kier alpha value is -1.75. The van der Waals surface area contributed by atoms with Gasteiger partial charge in [-0.15, -0.1) is 11.6 Å². The lowest BCUT2D eigenvalue weighted by atomic mass is 10.2. The van der Waals surface area contributed by atoms with Crippen molar-refractivity contribution in [2.24, 2.45) is 0 Å². The molecule has 0 fully saturated rings. The first-order valence-corrected chi connectivity index (χ1v) is 6.07. The lowest BCUT2D eigenvalue weighted by molar-refractivity contribution is 0.0952. The molecule has 0 atom stereocenters. The molecule has 0 aliphatic heterocycles. The average molecular weight is 271 g/mol. The van der Waals surface area contributed by atoms with E-state index in [4.69, 9.17) is 11.6 Å². The van der Waals surface area contributed by atoms with Crippen molar-refractivity contribution in [1.82, 2.24) is 10.6 Å². The molecule has 1 aromatic rings. The van der Waals surface area contributed by atoms with Crippen molar-refractivity contribution in [2.45, 2.75) is 0 Å². The van der Waals surface area contributed by atoms with Crippen LogP contribution in [0.2, 0.25) is 0 Å². The molecule has 0 aliphatic rings. The van der Waals surface area contributed by atoms with E-state index in [0.29, 0.717) is 18.7 Å². The van der Waals surface area contributed by atoms with Gasteiger partial charge in [0.2, 0.25) is 0 Å². The van der Waals surface area contributed by atoms with Gasteiger partial charge in [-0.05, 0) is 12.1 Å². The molecule has 0 heterocycles. The van der Waals surface area contributed by atoms with Crippen LogP contribution in [0.3, 0.4) is 0 Å². The minimum Gasteiger partial charge on any atom is -0.448 e. The van der Waals surface area contributed by atoms with E-state index in [-0.39, 0.29) is 18.4 Å². The molecule has 0 saturated carbocycles. The van der Waals surface area contributed by atoms with Crippen molar-refractivity contribution < 1.29 is 14.3 Å². The normalized spacial score (nSPS) is 9.61. The predicted molar refractivity (Wildman–Crippen MR) is 68.8 cm³/mol. The summed E-state index contributed by atoms with van der Waals surface area (Å²) < 4.78 is 4.69. The first kappa shape index (κ1) is 14.3. The molecular weight excluding hydrogens is 256 g/mol. The Balaban J connectivity index is 2.15. The van der Waals surface area contributed by atoms with Crippen LogP contribution in [0.15, 0.2) is 30.3 Å². The zero-order chi connectivity index (χ0) is 13.2. The van der Waals surface area contributed by atoms with Gasteiger partial charge in [0.15, 0.2) is 0 Å². The third kappa shape index (κ3) is 5.54. The standard InChI is InChI=1S/C12H15ClN2O3/c13-6-9-18-12(17)15-8-7-14-11(16)10-4-2-1-3-5-10/h1-5H,6-9H2,(H,14,16)(H,15,17). The van der Waals surface area contributed by atoms with Crippen LogP contribution in [0.4, 0.5) is 4.79 Å². The van der Waals surface area contributed by atoms with Crippen LogP contribution in [0.5, 0.6) is 0 Å². The van der Waals surface area contributed by atoms with Gasteiger partial charge in [0.1, 0.15) is 6.61 Å². The molecule has 0 unspecified atom stereocenters. The molecule has 0 aromatic heterocycles. The maximum Gasteiger partial charge on any atom is 0.407 e. The summed E-state index contributed by atoms with van der Waals surface area (Å²) in [5.74, 6) is 0.0876. The monoisotopic (exact) mass is 270 g/mol. The van der Waals surface area contributed by atoms with Crippen molar-refractivity contribution in [3.63, 3.8) is 0 Å². The molecule has 0 radical (unpaired) electrons. The summed E-state index contributed by atoms with van der Waals surface area (Å²) in [6.45, 7) is 0.813. The molecule has 1 aromatic carbocycles. The summed E-state index contributed by atoms with van der Waals surface area (Å²) in [4.78, 5) is 22.6. The van der Waals surface area contributed by atoms with Crippen LogP contribution in [0.1, 0.15) is 10.4 Å². The van der Waals surface area contributed by atoms with Gasteiger partial charge in [-0.1, -0.05) is 18.2 Å². The third-order valence-corrected chi connectivity index (χ3v) is 2.18. The van der Waals surface area contributed by atoms with Gasteiger partial charge in [-0.25, -0.2) is 4.79 Å². The summed E-state index contributed by atoms with van der Waals surface area (Å²) in [5, 5.41) is 5.16. The SMILES string of the molecule is O=C(NCCNC(=O)c1ccccc1)OCCCl. The Morgan fingerprint density at radius 3 is 2.44 bits per heavy atom. The van der Waals surface area contributed by atoms with Crippen LogP contribution in [-0.2, 0) is 4.74 Å². The molecule has 5 nitrogen and oxygen atoms in total. The van der Waals surface area contributed by atoms with Crippen LogP contribution in [0, 0.1) is 0 Å². The van der Waals surface area contributed by atoms with Crippen molar-refractivity contribution in [1.29, 1.82) is 0 Å². The van der Waals surface area contributed by atoms with E-state index in [0.717, 1.165) is 0 Å². The number of rotatable bonds is 6. The number of hydrogen-bond acceptors (Lipinski definition) is 3. The van der Waals surface area contributed by atoms with Gasteiger partial charge in [0, 0.05) is 18.7 Å². The highest BCUT2D eigenvalue weighted by molar-refractivity contribution is 6.18. The second kappa shape index (κ2) is 8.36. The topological polar surface area (TPSA) is 67.4 Å². The van der Waals surface area contributed by atoms with Crippen LogP contribution in [0.25, 0.3) is 0 Å². The molecule has 0 bridgehead atoms. The van der Waals surface area contributed by atoms with Crippen molar-refractivity contribution in [3.05, 3.63) is 35.9 Å². The van der Waals surface area contributed by atoms with Gasteiger partial charge in [-0.2, -0.15) is 0 Å². The highest BCUT2D eigenvalue weighted by Crippen LogP contribution is 1.96. The number of halogens is 1. The quantitative estimate of drug-likeness (QED) is 0.606. The Morgan fingerprint density at radius 2 is 1.78 bits per heavy atom. The van der Waals surface area contributed by atoms with Crippen molar-refractivity contribution >= 4 is 23.6 Å². The first-order valence-electron chi connectivity index (χ1n) is 5.54. The van der Waals surface area contributed by atoms with Gasteiger partial charge in [0.05, 0.1) is 5.88 Å². The fraction of sp³-hybridized carbons (Fsp3) is 0.333. The van der Waals surface area contributed by atoms with Crippen LogP contribution < -0.4 is 10.6 Å². The number of nitrogens with one attached hydrogen (secondary N) is 2. The molecule has 6 heteroatoms. The van der Waals surface area contributed by atoms with E-state index in [9.17, 15) is 9.59 Å². The van der Waals surface area contributed by atoms with Crippen molar-refractivity contribution in [3.8, 4) is 0 Å². The molecular formula is C12H15ClN2O3. The van der Waals surface area contributed by atoms with E-state index >= 15 is 0 Å².